The molecular formula is C26H23N5OS. The summed E-state index contributed by atoms with van der Waals surface area (Å²) in [4.78, 5) is 28.1. The minimum atomic E-state index is -0.0776. The van der Waals surface area contributed by atoms with Crippen molar-refractivity contribution >= 4 is 49.9 Å². The highest BCUT2D eigenvalue weighted by atomic mass is 32.1. The van der Waals surface area contributed by atoms with Gasteiger partial charge in [0, 0.05) is 35.0 Å². The van der Waals surface area contributed by atoms with Crippen molar-refractivity contribution in [2.24, 2.45) is 0 Å². The summed E-state index contributed by atoms with van der Waals surface area (Å²) >= 11 is 1.66. The molecule has 0 fully saturated rings. The number of anilines is 2. The van der Waals surface area contributed by atoms with E-state index in [2.05, 4.69) is 63.7 Å². The van der Waals surface area contributed by atoms with Gasteiger partial charge in [-0.1, -0.05) is 48.0 Å². The molecule has 6 nitrogen and oxygen atoms in total. The summed E-state index contributed by atoms with van der Waals surface area (Å²) in [6.07, 6.45) is 3.60. The number of hydrogen-bond donors (Lipinski definition) is 2. The van der Waals surface area contributed by atoms with Crippen molar-refractivity contribution in [3.63, 3.8) is 0 Å². The molecule has 33 heavy (non-hydrogen) atoms. The second-order valence-electron chi connectivity index (χ2n) is 7.91. The van der Waals surface area contributed by atoms with Gasteiger partial charge in [-0.2, -0.15) is 0 Å². The molecule has 0 spiro atoms. The zero-order valence-electron chi connectivity index (χ0n) is 18.4. The predicted octanol–water partition coefficient (Wildman–Crippen LogP) is 5.96. The van der Waals surface area contributed by atoms with Crippen LogP contribution >= 0.6 is 11.3 Å². The number of aromatic nitrogens is 3. The molecule has 0 aliphatic rings. The second-order valence-corrected chi connectivity index (χ2v) is 9.11. The molecule has 3 heterocycles. The Morgan fingerprint density at radius 3 is 2.64 bits per heavy atom. The van der Waals surface area contributed by atoms with Gasteiger partial charge >= 0.3 is 0 Å². The minimum absolute atomic E-state index is 0.0776. The minimum Gasteiger partial charge on any atom is -0.369 e. The molecule has 0 aliphatic carbocycles. The molecule has 1 amide bonds. The molecule has 2 N–H and O–H groups in total. The molecule has 164 valence electrons. The van der Waals surface area contributed by atoms with Crippen LogP contribution in [0.25, 0.3) is 32.2 Å². The van der Waals surface area contributed by atoms with E-state index in [-0.39, 0.29) is 5.91 Å². The van der Waals surface area contributed by atoms with Crippen LogP contribution in [0.3, 0.4) is 0 Å². The van der Waals surface area contributed by atoms with Gasteiger partial charge < -0.3 is 10.6 Å². The van der Waals surface area contributed by atoms with Crippen LogP contribution in [0.2, 0.25) is 0 Å². The maximum atomic E-state index is 12.6. The van der Waals surface area contributed by atoms with E-state index in [1.165, 1.54) is 10.4 Å². The highest BCUT2D eigenvalue weighted by Crippen LogP contribution is 2.40. The molecule has 3 aromatic heterocycles. The Labute approximate surface area is 195 Å². The first kappa shape index (κ1) is 21.0. The van der Waals surface area contributed by atoms with Gasteiger partial charge in [0.15, 0.2) is 0 Å². The Hall–Kier alpha value is -3.84. The molecule has 0 atom stereocenters. The number of rotatable bonds is 6. The third-order valence-electron chi connectivity index (χ3n) is 5.56. The summed E-state index contributed by atoms with van der Waals surface area (Å²) in [6, 6.07) is 18.1. The quantitative estimate of drug-likeness (QED) is 0.331. The van der Waals surface area contributed by atoms with Crippen molar-refractivity contribution in [3.05, 3.63) is 77.6 Å². The third-order valence-corrected chi connectivity index (χ3v) is 6.57. The topological polar surface area (TPSA) is 79.8 Å². The number of nitrogens with zero attached hydrogens (tertiary/aromatic N) is 3. The molecule has 5 rings (SSSR count). The SMILES string of the molecule is Cc1ccc(-c2c(C)sc3ncnc(NCCC(=O)Nc4cccc5cccnc45)c23)cc1. The van der Waals surface area contributed by atoms with Crippen molar-refractivity contribution in [1.82, 2.24) is 15.0 Å². The maximum absolute atomic E-state index is 12.6. The molecule has 0 radical (unpaired) electrons. The van der Waals surface area contributed by atoms with Crippen LogP contribution in [0.1, 0.15) is 16.9 Å². The summed E-state index contributed by atoms with van der Waals surface area (Å²) in [6.45, 7) is 4.65. The zero-order chi connectivity index (χ0) is 22.8. The monoisotopic (exact) mass is 453 g/mol. The maximum Gasteiger partial charge on any atom is 0.226 e. The lowest BCUT2D eigenvalue weighted by Crippen LogP contribution is -2.17. The summed E-state index contributed by atoms with van der Waals surface area (Å²) in [7, 11) is 0. The lowest BCUT2D eigenvalue weighted by molar-refractivity contribution is -0.115. The van der Waals surface area contributed by atoms with Crippen LogP contribution in [0.4, 0.5) is 11.5 Å². The molecule has 0 saturated heterocycles. The van der Waals surface area contributed by atoms with E-state index >= 15 is 0 Å². The number of pyridine rings is 1. The van der Waals surface area contributed by atoms with Crippen molar-refractivity contribution in [3.8, 4) is 11.1 Å². The predicted molar refractivity (Wildman–Crippen MR) is 136 cm³/mol. The number of carbonyl (C=O) groups excluding carboxylic acids is 1. The van der Waals surface area contributed by atoms with Crippen LogP contribution in [-0.2, 0) is 4.79 Å². The Balaban J connectivity index is 1.34. The fraction of sp³-hybridized carbons (Fsp3) is 0.154. The van der Waals surface area contributed by atoms with Gasteiger partial charge in [0.05, 0.1) is 16.6 Å². The number of para-hydroxylation sites is 1. The lowest BCUT2D eigenvalue weighted by atomic mass is 10.0. The molecule has 0 bridgehead atoms. The van der Waals surface area contributed by atoms with E-state index in [0.717, 1.165) is 43.8 Å². The van der Waals surface area contributed by atoms with Crippen LogP contribution in [0.5, 0.6) is 0 Å². The van der Waals surface area contributed by atoms with Crippen LogP contribution in [0.15, 0.2) is 67.1 Å². The highest BCUT2D eigenvalue weighted by molar-refractivity contribution is 7.19. The Bertz CT molecular complexity index is 1450. The van der Waals surface area contributed by atoms with Gasteiger partial charge in [0.2, 0.25) is 5.91 Å². The van der Waals surface area contributed by atoms with Crippen LogP contribution < -0.4 is 10.6 Å². The fourth-order valence-electron chi connectivity index (χ4n) is 3.96. The average molecular weight is 454 g/mol. The molecule has 0 aliphatic heterocycles. The van der Waals surface area contributed by atoms with E-state index in [0.29, 0.717) is 13.0 Å². The number of aryl methyl sites for hydroxylation is 2. The van der Waals surface area contributed by atoms with Gasteiger partial charge in [0.25, 0.3) is 0 Å². The molecule has 5 aromatic rings. The normalized spacial score (nSPS) is 11.1. The van der Waals surface area contributed by atoms with Gasteiger partial charge in [-0.25, -0.2) is 9.97 Å². The largest absolute Gasteiger partial charge is 0.369 e. The first-order valence-corrected chi connectivity index (χ1v) is 11.6. The second kappa shape index (κ2) is 8.96. The number of thiophene rings is 1. The van der Waals surface area contributed by atoms with Crippen molar-refractivity contribution in [2.75, 3.05) is 17.2 Å². The Kier molecular flexibility index (Phi) is 5.71. The number of fused-ring (bicyclic) bond motifs is 2. The van der Waals surface area contributed by atoms with E-state index in [9.17, 15) is 4.79 Å². The number of hydrogen-bond acceptors (Lipinski definition) is 6. The summed E-state index contributed by atoms with van der Waals surface area (Å²) < 4.78 is 0. The number of nitrogens with one attached hydrogen (secondary N) is 2. The van der Waals surface area contributed by atoms with Crippen LogP contribution in [0, 0.1) is 13.8 Å². The van der Waals surface area contributed by atoms with Gasteiger partial charge in [-0.05, 0) is 31.5 Å². The average Bonchev–Trinajstić information content (AvgIpc) is 3.16. The fourth-order valence-corrected chi connectivity index (χ4v) is 4.97. The van der Waals surface area contributed by atoms with Crippen molar-refractivity contribution < 1.29 is 4.79 Å². The number of amides is 1. The first-order chi connectivity index (χ1) is 16.1. The number of carbonyl (C=O) groups is 1. The zero-order valence-corrected chi connectivity index (χ0v) is 19.2. The van der Waals surface area contributed by atoms with Crippen molar-refractivity contribution in [1.29, 1.82) is 0 Å². The van der Waals surface area contributed by atoms with Gasteiger partial charge in [-0.3, -0.25) is 9.78 Å². The Morgan fingerprint density at radius 1 is 0.970 bits per heavy atom. The van der Waals surface area contributed by atoms with E-state index in [1.807, 2.05) is 30.3 Å². The summed E-state index contributed by atoms with van der Waals surface area (Å²) in [5.74, 6) is 0.672. The summed E-state index contributed by atoms with van der Waals surface area (Å²) in [5.41, 5.74) is 5.01. The summed E-state index contributed by atoms with van der Waals surface area (Å²) in [5, 5.41) is 8.33. The molecular weight excluding hydrogens is 430 g/mol. The molecule has 0 saturated carbocycles. The lowest BCUT2D eigenvalue weighted by Gasteiger charge is -2.10. The first-order valence-electron chi connectivity index (χ1n) is 10.8. The standard InChI is InChI=1S/C26H23N5OS/c1-16-8-10-18(11-9-16)22-17(2)33-26-23(22)25(29-15-30-26)28-14-12-21(32)31-20-7-3-5-19-6-4-13-27-24(19)20/h3-11,13,15H,12,14H2,1-2H3,(H,31,32)(H,28,29,30). The van der Waals surface area contributed by atoms with E-state index < -0.39 is 0 Å². The van der Waals surface area contributed by atoms with Crippen molar-refractivity contribution in [2.45, 2.75) is 20.3 Å². The molecule has 7 heteroatoms. The molecule has 0 unspecified atom stereocenters. The smallest absolute Gasteiger partial charge is 0.226 e. The highest BCUT2D eigenvalue weighted by Gasteiger charge is 2.17. The van der Waals surface area contributed by atoms with Gasteiger partial charge in [0.1, 0.15) is 17.0 Å². The van der Waals surface area contributed by atoms with Gasteiger partial charge in [-0.15, -0.1) is 11.3 Å². The third kappa shape index (κ3) is 4.27. The number of benzene rings is 2. The molecule has 2 aromatic carbocycles. The van der Waals surface area contributed by atoms with E-state index in [1.54, 1.807) is 23.9 Å². The van der Waals surface area contributed by atoms with E-state index in [4.69, 9.17) is 0 Å². The van der Waals surface area contributed by atoms with Crippen LogP contribution in [-0.4, -0.2) is 27.4 Å². The Morgan fingerprint density at radius 2 is 1.79 bits per heavy atom.